The van der Waals surface area contributed by atoms with Gasteiger partial charge in [-0.1, -0.05) is 73.3 Å². The molecule has 0 unspecified atom stereocenters. The first kappa shape index (κ1) is 34.8. The Morgan fingerprint density at radius 1 is 0.920 bits per heavy atom. The van der Waals surface area contributed by atoms with Crippen molar-refractivity contribution in [2.24, 2.45) is 0 Å². The van der Waals surface area contributed by atoms with Gasteiger partial charge in [0, 0.05) is 69.1 Å². The molecule has 2 aliphatic heterocycles. The van der Waals surface area contributed by atoms with Gasteiger partial charge in [-0.2, -0.15) is 0 Å². The molecule has 2 aliphatic rings. The normalized spacial score (nSPS) is 19.5. The summed E-state index contributed by atoms with van der Waals surface area (Å²) in [7, 11) is 0. The van der Waals surface area contributed by atoms with Crippen molar-refractivity contribution in [1.82, 2.24) is 10.2 Å². The highest BCUT2D eigenvalue weighted by atomic mass is 16.7. The Kier molecular flexibility index (Phi) is 11.5. The number of hydrogen-bond acceptors (Lipinski definition) is 9. The molecular weight excluding hydrogens is 636 g/mol. The number of carbonyl (C=O) groups excluding carboxylic acids is 1. The molecule has 260 valence electrons. The molecule has 11 nitrogen and oxygen atoms in total. The number of nitrogens with zero attached hydrogens (tertiary/aromatic N) is 3. The largest absolute Gasteiger partial charge is 0.445 e. The van der Waals surface area contributed by atoms with Crippen LogP contribution in [-0.4, -0.2) is 66.5 Å². The van der Waals surface area contributed by atoms with E-state index in [-0.39, 0.29) is 36.0 Å². The molecule has 0 aromatic heterocycles. The van der Waals surface area contributed by atoms with Crippen molar-refractivity contribution >= 4 is 17.5 Å². The average molecular weight is 679 g/mol. The molecule has 11 heteroatoms. The van der Waals surface area contributed by atoms with Crippen LogP contribution in [0.15, 0.2) is 110 Å². The maximum absolute atomic E-state index is 11.9. The summed E-state index contributed by atoms with van der Waals surface area (Å²) in [4.78, 5) is 27.3. The van der Waals surface area contributed by atoms with Crippen molar-refractivity contribution in [3.63, 3.8) is 0 Å². The molecule has 1 amide bonds. The van der Waals surface area contributed by atoms with Gasteiger partial charge >= 0.3 is 6.09 Å². The second kappa shape index (κ2) is 16.6. The highest BCUT2D eigenvalue weighted by Gasteiger charge is 2.34. The predicted molar refractivity (Wildman–Crippen MR) is 190 cm³/mol. The number of nitrogens with one attached hydrogen (secondary N) is 1. The molecular formula is C39H42N4O7. The lowest BCUT2D eigenvalue weighted by molar-refractivity contribution is -0.384. The third-order valence-electron chi connectivity index (χ3n) is 9.06. The van der Waals surface area contributed by atoms with Crippen LogP contribution in [0.3, 0.4) is 0 Å². The minimum atomic E-state index is -0.595. The van der Waals surface area contributed by atoms with Crippen LogP contribution in [0.25, 0.3) is 11.1 Å². The summed E-state index contributed by atoms with van der Waals surface area (Å²) < 4.78 is 18.3. The summed E-state index contributed by atoms with van der Waals surface area (Å²) in [5.74, 6) is 0. The van der Waals surface area contributed by atoms with Gasteiger partial charge in [-0.15, -0.1) is 0 Å². The van der Waals surface area contributed by atoms with Crippen LogP contribution >= 0.6 is 0 Å². The molecule has 6 rings (SSSR count). The molecule has 4 aromatic rings. The van der Waals surface area contributed by atoms with Gasteiger partial charge in [0.2, 0.25) is 0 Å². The van der Waals surface area contributed by atoms with E-state index in [2.05, 4.69) is 27.8 Å². The van der Waals surface area contributed by atoms with Gasteiger partial charge in [-0.25, -0.2) is 4.79 Å². The zero-order valence-corrected chi connectivity index (χ0v) is 27.9. The maximum Gasteiger partial charge on any atom is 0.407 e. The molecule has 0 saturated carbocycles. The van der Waals surface area contributed by atoms with Crippen molar-refractivity contribution < 1.29 is 29.0 Å². The zero-order valence-electron chi connectivity index (χ0n) is 27.9. The van der Waals surface area contributed by atoms with Crippen LogP contribution in [0, 0.1) is 10.1 Å². The maximum atomic E-state index is 11.9. The van der Waals surface area contributed by atoms with Gasteiger partial charge in [0.25, 0.3) is 5.69 Å². The Morgan fingerprint density at radius 2 is 1.64 bits per heavy atom. The van der Waals surface area contributed by atoms with E-state index >= 15 is 0 Å². The summed E-state index contributed by atoms with van der Waals surface area (Å²) >= 11 is 0. The van der Waals surface area contributed by atoms with E-state index in [1.54, 1.807) is 12.1 Å². The SMILES string of the molecule is C=CCOC(=O)NCc1cccc(-c2cccc([C@H]3O[C@@H](CN4CCN(c5ccc([N+](=O)[O-])cc5)CC4)C[C@@H](c4ccc(CO)cc4)O3)c2)c1. The van der Waals surface area contributed by atoms with E-state index in [0.717, 1.165) is 71.8 Å². The molecule has 3 atom stereocenters. The zero-order chi connectivity index (χ0) is 34.9. The molecule has 2 saturated heterocycles. The first-order valence-corrected chi connectivity index (χ1v) is 16.8. The smallest absolute Gasteiger partial charge is 0.407 e. The summed E-state index contributed by atoms with van der Waals surface area (Å²) in [5, 5.41) is 23.4. The van der Waals surface area contributed by atoms with Crippen LogP contribution < -0.4 is 10.2 Å². The van der Waals surface area contributed by atoms with Crippen molar-refractivity contribution in [3.8, 4) is 11.1 Å². The van der Waals surface area contributed by atoms with Crippen molar-refractivity contribution in [2.45, 2.75) is 38.1 Å². The van der Waals surface area contributed by atoms with Crippen molar-refractivity contribution in [2.75, 3.05) is 44.2 Å². The minimum absolute atomic E-state index is 0.0184. The number of aliphatic hydroxyl groups is 1. The molecule has 50 heavy (non-hydrogen) atoms. The lowest BCUT2D eigenvalue weighted by atomic mass is 9.98. The number of carbonyl (C=O) groups is 1. The van der Waals surface area contributed by atoms with Crippen LogP contribution in [0.4, 0.5) is 16.2 Å². The van der Waals surface area contributed by atoms with Crippen LogP contribution in [0.1, 0.15) is 41.1 Å². The molecule has 0 bridgehead atoms. The Balaban J connectivity index is 1.15. The monoisotopic (exact) mass is 678 g/mol. The van der Waals surface area contributed by atoms with Gasteiger partial charge < -0.3 is 29.5 Å². The predicted octanol–water partition coefficient (Wildman–Crippen LogP) is 6.53. The van der Waals surface area contributed by atoms with Gasteiger partial charge in [-0.3, -0.25) is 15.0 Å². The second-order valence-electron chi connectivity index (χ2n) is 12.5. The molecule has 2 heterocycles. The van der Waals surface area contributed by atoms with Crippen LogP contribution in [0.2, 0.25) is 0 Å². The number of piperazine rings is 1. The number of nitro groups is 1. The molecule has 0 spiro atoms. The molecule has 0 radical (unpaired) electrons. The number of rotatable bonds is 12. The van der Waals surface area contributed by atoms with E-state index in [4.69, 9.17) is 14.2 Å². The van der Waals surface area contributed by atoms with Crippen molar-refractivity contribution in [3.05, 3.63) is 142 Å². The highest BCUT2D eigenvalue weighted by molar-refractivity contribution is 5.68. The quantitative estimate of drug-likeness (QED) is 0.0977. The summed E-state index contributed by atoms with van der Waals surface area (Å²) in [6, 6.07) is 30.8. The first-order valence-electron chi connectivity index (χ1n) is 16.8. The average Bonchev–Trinajstić information content (AvgIpc) is 3.16. The standard InChI is InChI=1S/C39H42N4O7/c1-2-21-48-39(45)40-25-29-5-3-6-31(22-29)32-7-4-8-33(23-32)38-49-36(24-37(50-38)30-11-9-28(27-44)10-12-30)26-41-17-19-42(20-18-41)34-13-15-35(16-14-34)43(46)47/h2-16,22-23,36-38,44H,1,17-21,24-27H2,(H,40,45)/t36-,37+,38+/m1/s1. The molecule has 0 aliphatic carbocycles. The Hall–Kier alpha value is -5.07. The van der Waals surface area contributed by atoms with E-state index in [1.807, 2.05) is 78.9 Å². The topological polar surface area (TPSA) is 127 Å². The number of benzene rings is 4. The first-order chi connectivity index (χ1) is 24.4. The lowest BCUT2D eigenvalue weighted by Gasteiger charge is -2.41. The number of ether oxygens (including phenoxy) is 3. The van der Waals surface area contributed by atoms with E-state index < -0.39 is 12.4 Å². The summed E-state index contributed by atoms with van der Waals surface area (Å²) in [5.41, 5.74) is 6.80. The highest BCUT2D eigenvalue weighted by Crippen LogP contribution is 2.39. The number of aliphatic hydroxyl groups excluding tert-OH is 1. The van der Waals surface area contributed by atoms with Crippen LogP contribution in [-0.2, 0) is 27.4 Å². The van der Waals surface area contributed by atoms with E-state index in [1.165, 1.54) is 6.08 Å². The van der Waals surface area contributed by atoms with Crippen LogP contribution in [0.5, 0.6) is 0 Å². The molecule has 4 aromatic carbocycles. The summed E-state index contributed by atoms with van der Waals surface area (Å²) in [6.07, 6.45) is 0.818. The summed E-state index contributed by atoms with van der Waals surface area (Å²) in [6.45, 7) is 8.06. The Bertz CT molecular complexity index is 1760. The number of hydrogen-bond donors (Lipinski definition) is 2. The number of anilines is 1. The van der Waals surface area contributed by atoms with Crippen molar-refractivity contribution in [1.29, 1.82) is 0 Å². The number of nitro benzene ring substituents is 1. The number of alkyl carbamates (subject to hydrolysis) is 1. The molecule has 2 fully saturated rings. The fraction of sp³-hybridized carbons (Fsp3) is 0.308. The fourth-order valence-corrected chi connectivity index (χ4v) is 6.38. The molecule has 2 N–H and O–H groups in total. The number of amides is 1. The van der Waals surface area contributed by atoms with E-state index in [9.17, 15) is 20.0 Å². The lowest BCUT2D eigenvalue weighted by Crippen LogP contribution is -2.49. The minimum Gasteiger partial charge on any atom is -0.445 e. The van der Waals surface area contributed by atoms with Gasteiger partial charge in [0.05, 0.1) is 23.7 Å². The second-order valence-corrected chi connectivity index (χ2v) is 12.5. The number of non-ortho nitro benzene ring substituents is 1. The van der Waals surface area contributed by atoms with E-state index in [0.29, 0.717) is 13.0 Å². The third-order valence-corrected chi connectivity index (χ3v) is 9.06. The Labute approximate surface area is 291 Å². The van der Waals surface area contributed by atoms with Gasteiger partial charge in [-0.05, 0) is 52.1 Å². The fourth-order valence-electron chi connectivity index (χ4n) is 6.38. The van der Waals surface area contributed by atoms with Gasteiger partial charge in [0.15, 0.2) is 6.29 Å². The Morgan fingerprint density at radius 3 is 2.34 bits per heavy atom. The van der Waals surface area contributed by atoms with Gasteiger partial charge in [0.1, 0.15) is 6.61 Å². The third kappa shape index (κ3) is 8.93.